The average Bonchev–Trinajstić information content (AvgIpc) is 2.28. The third kappa shape index (κ3) is 3.85. The highest BCUT2D eigenvalue weighted by atomic mass is 16.3. The van der Waals surface area contributed by atoms with E-state index < -0.39 is 5.60 Å². The monoisotopic (exact) mass is 234 g/mol. The Hall–Kier alpha value is -0.820. The number of aliphatic hydroxyl groups is 1. The number of rotatable bonds is 6. The Bertz CT molecular complexity index is 343. The van der Waals surface area contributed by atoms with Gasteiger partial charge in [-0.1, -0.05) is 58.4 Å². The number of hydrogen-bond acceptors (Lipinski definition) is 1. The lowest BCUT2D eigenvalue weighted by atomic mass is 9.85. The molecule has 1 rings (SSSR count). The van der Waals surface area contributed by atoms with Gasteiger partial charge in [-0.05, 0) is 36.3 Å². The molecule has 0 radical (unpaired) electrons. The maximum absolute atomic E-state index is 10.6. The molecule has 96 valence electrons. The minimum absolute atomic E-state index is 0.637. The summed E-state index contributed by atoms with van der Waals surface area (Å²) >= 11 is 0. The van der Waals surface area contributed by atoms with E-state index >= 15 is 0 Å². The van der Waals surface area contributed by atoms with Crippen LogP contribution in [0, 0.1) is 5.92 Å². The van der Waals surface area contributed by atoms with Crippen LogP contribution in [0.1, 0.15) is 58.1 Å². The molecule has 1 N–H and O–H groups in total. The molecule has 0 bridgehead atoms. The number of benzene rings is 1. The summed E-state index contributed by atoms with van der Waals surface area (Å²) in [5.74, 6) is 0.658. The second kappa shape index (κ2) is 6.20. The Labute approximate surface area is 106 Å². The first-order valence-electron chi connectivity index (χ1n) is 6.83. The Morgan fingerprint density at radius 2 is 1.94 bits per heavy atom. The van der Waals surface area contributed by atoms with Gasteiger partial charge in [-0.25, -0.2) is 0 Å². The zero-order chi connectivity index (χ0) is 12.9. The normalized spacial score (nSPS) is 14.9. The summed E-state index contributed by atoms with van der Waals surface area (Å²) in [6.45, 7) is 8.64. The summed E-state index contributed by atoms with van der Waals surface area (Å²) in [5, 5.41) is 10.6. The van der Waals surface area contributed by atoms with Crippen LogP contribution in [0.4, 0.5) is 0 Å². The van der Waals surface area contributed by atoms with Crippen molar-refractivity contribution in [1.29, 1.82) is 0 Å². The molecule has 0 saturated carbocycles. The topological polar surface area (TPSA) is 20.2 Å². The molecule has 17 heavy (non-hydrogen) atoms. The van der Waals surface area contributed by atoms with E-state index in [-0.39, 0.29) is 0 Å². The van der Waals surface area contributed by atoms with E-state index in [1.807, 2.05) is 0 Å². The molecule has 1 heteroatoms. The first-order chi connectivity index (χ1) is 8.01. The van der Waals surface area contributed by atoms with Gasteiger partial charge in [-0.15, -0.1) is 0 Å². The standard InChI is InChI=1S/C16H26O/c1-5-10-16(17,6-2)15-9-7-8-14(12-15)11-13(3)4/h7-9,12-13,17H,5-6,10-11H2,1-4H3. The van der Waals surface area contributed by atoms with Crippen LogP contribution >= 0.6 is 0 Å². The molecule has 0 aliphatic carbocycles. The second-order valence-corrected chi connectivity index (χ2v) is 5.43. The fourth-order valence-corrected chi connectivity index (χ4v) is 2.40. The third-order valence-corrected chi connectivity index (χ3v) is 3.36. The van der Waals surface area contributed by atoms with Crippen molar-refractivity contribution in [2.24, 2.45) is 5.92 Å². The molecule has 0 saturated heterocycles. The third-order valence-electron chi connectivity index (χ3n) is 3.36. The Morgan fingerprint density at radius 1 is 1.24 bits per heavy atom. The molecule has 1 aromatic carbocycles. The first-order valence-corrected chi connectivity index (χ1v) is 6.83. The maximum Gasteiger partial charge on any atom is 0.0893 e. The van der Waals surface area contributed by atoms with Gasteiger partial charge in [0.25, 0.3) is 0 Å². The molecule has 1 atom stereocenters. The molecule has 1 aromatic rings. The highest BCUT2D eigenvalue weighted by Crippen LogP contribution is 2.30. The second-order valence-electron chi connectivity index (χ2n) is 5.43. The van der Waals surface area contributed by atoms with Crippen molar-refractivity contribution < 1.29 is 5.11 Å². The van der Waals surface area contributed by atoms with Crippen LogP contribution in [0.5, 0.6) is 0 Å². The van der Waals surface area contributed by atoms with Gasteiger partial charge in [0.1, 0.15) is 0 Å². The van der Waals surface area contributed by atoms with Crippen molar-refractivity contribution in [3.8, 4) is 0 Å². The maximum atomic E-state index is 10.6. The lowest BCUT2D eigenvalue weighted by molar-refractivity contribution is 0.0225. The van der Waals surface area contributed by atoms with Crippen LogP contribution in [0.2, 0.25) is 0 Å². The van der Waals surface area contributed by atoms with Gasteiger partial charge in [-0.2, -0.15) is 0 Å². The molecular weight excluding hydrogens is 208 g/mol. The van der Waals surface area contributed by atoms with Crippen LogP contribution in [0.15, 0.2) is 24.3 Å². The van der Waals surface area contributed by atoms with Gasteiger partial charge in [0.15, 0.2) is 0 Å². The van der Waals surface area contributed by atoms with Crippen molar-refractivity contribution in [2.45, 2.75) is 59.0 Å². The summed E-state index contributed by atoms with van der Waals surface area (Å²) in [4.78, 5) is 0. The Morgan fingerprint density at radius 3 is 2.47 bits per heavy atom. The zero-order valence-electron chi connectivity index (χ0n) is 11.7. The summed E-state index contributed by atoms with van der Waals surface area (Å²) < 4.78 is 0. The summed E-state index contributed by atoms with van der Waals surface area (Å²) in [6.07, 6.45) is 3.72. The molecule has 0 aliphatic rings. The predicted octanol–water partition coefficient (Wildman–Crippen LogP) is 4.28. The van der Waals surface area contributed by atoms with Gasteiger partial charge in [0, 0.05) is 0 Å². The predicted molar refractivity (Wildman–Crippen MR) is 74.1 cm³/mol. The van der Waals surface area contributed by atoms with Gasteiger partial charge in [-0.3, -0.25) is 0 Å². The van der Waals surface area contributed by atoms with E-state index in [1.54, 1.807) is 0 Å². The molecule has 0 fully saturated rings. The van der Waals surface area contributed by atoms with E-state index in [2.05, 4.69) is 52.0 Å². The van der Waals surface area contributed by atoms with Crippen LogP contribution < -0.4 is 0 Å². The van der Waals surface area contributed by atoms with E-state index in [4.69, 9.17) is 0 Å². The molecule has 0 heterocycles. The quantitative estimate of drug-likeness (QED) is 0.778. The van der Waals surface area contributed by atoms with Gasteiger partial charge >= 0.3 is 0 Å². The first kappa shape index (κ1) is 14.2. The van der Waals surface area contributed by atoms with E-state index in [1.165, 1.54) is 5.56 Å². The minimum atomic E-state index is -0.637. The lowest BCUT2D eigenvalue weighted by Gasteiger charge is -2.27. The van der Waals surface area contributed by atoms with Gasteiger partial charge in [0.2, 0.25) is 0 Å². The summed E-state index contributed by atoms with van der Waals surface area (Å²) in [7, 11) is 0. The molecule has 0 spiro atoms. The average molecular weight is 234 g/mol. The number of hydrogen-bond donors (Lipinski definition) is 1. The van der Waals surface area contributed by atoms with E-state index in [0.29, 0.717) is 5.92 Å². The zero-order valence-corrected chi connectivity index (χ0v) is 11.7. The van der Waals surface area contributed by atoms with Crippen LogP contribution in [-0.2, 0) is 12.0 Å². The van der Waals surface area contributed by atoms with E-state index in [0.717, 1.165) is 31.2 Å². The van der Waals surface area contributed by atoms with E-state index in [9.17, 15) is 5.11 Å². The Kier molecular flexibility index (Phi) is 5.20. The molecule has 0 aromatic heterocycles. The summed E-state index contributed by atoms with van der Waals surface area (Å²) in [5.41, 5.74) is 1.78. The van der Waals surface area contributed by atoms with Crippen LogP contribution in [0.25, 0.3) is 0 Å². The Balaban J connectivity index is 2.96. The summed E-state index contributed by atoms with van der Waals surface area (Å²) in [6, 6.07) is 8.47. The minimum Gasteiger partial charge on any atom is -0.385 e. The van der Waals surface area contributed by atoms with Crippen molar-refractivity contribution in [3.05, 3.63) is 35.4 Å². The van der Waals surface area contributed by atoms with Crippen LogP contribution in [-0.4, -0.2) is 5.11 Å². The fraction of sp³-hybridized carbons (Fsp3) is 0.625. The lowest BCUT2D eigenvalue weighted by Crippen LogP contribution is -2.24. The SMILES string of the molecule is CCCC(O)(CC)c1cccc(CC(C)C)c1. The van der Waals surface area contributed by atoms with Crippen molar-refractivity contribution in [2.75, 3.05) is 0 Å². The largest absolute Gasteiger partial charge is 0.385 e. The van der Waals surface area contributed by atoms with Gasteiger partial charge in [0.05, 0.1) is 5.60 Å². The highest BCUT2D eigenvalue weighted by molar-refractivity contribution is 5.28. The molecule has 1 unspecified atom stereocenters. The van der Waals surface area contributed by atoms with Crippen molar-refractivity contribution >= 4 is 0 Å². The fourth-order valence-electron chi connectivity index (χ4n) is 2.40. The van der Waals surface area contributed by atoms with Gasteiger partial charge < -0.3 is 5.11 Å². The molecule has 0 aliphatic heterocycles. The smallest absolute Gasteiger partial charge is 0.0893 e. The van der Waals surface area contributed by atoms with Crippen molar-refractivity contribution in [1.82, 2.24) is 0 Å². The molecular formula is C16H26O. The van der Waals surface area contributed by atoms with Crippen LogP contribution in [0.3, 0.4) is 0 Å². The van der Waals surface area contributed by atoms with Crippen molar-refractivity contribution in [3.63, 3.8) is 0 Å². The molecule has 1 nitrogen and oxygen atoms in total. The molecule has 0 amide bonds. The highest BCUT2D eigenvalue weighted by Gasteiger charge is 2.25.